The SMILES string of the molecule is CN(C(=O)CNS(=O)(=O)c1ccc(Cl)c(Cl)c1)c1ccccc1. The second-order valence-electron chi connectivity index (χ2n) is 4.69. The smallest absolute Gasteiger partial charge is 0.241 e. The molecule has 5 nitrogen and oxygen atoms in total. The van der Waals surface area contributed by atoms with Crippen LogP contribution in [0.4, 0.5) is 5.69 Å². The molecule has 0 spiro atoms. The van der Waals surface area contributed by atoms with Crippen LogP contribution in [0.25, 0.3) is 0 Å². The standard InChI is InChI=1S/C15H14Cl2N2O3S/c1-19(11-5-3-2-4-6-11)15(20)10-18-23(21,22)12-7-8-13(16)14(17)9-12/h2-9,18H,10H2,1H3. The Morgan fingerprint density at radius 1 is 1.09 bits per heavy atom. The van der Waals surface area contributed by atoms with Gasteiger partial charge in [0.25, 0.3) is 0 Å². The first kappa shape index (κ1) is 17.7. The highest BCUT2D eigenvalue weighted by Crippen LogP contribution is 2.24. The average molecular weight is 373 g/mol. The molecule has 23 heavy (non-hydrogen) atoms. The van der Waals surface area contributed by atoms with E-state index in [1.54, 1.807) is 31.3 Å². The molecule has 0 unspecified atom stereocenters. The first-order valence-electron chi connectivity index (χ1n) is 6.57. The molecule has 8 heteroatoms. The fourth-order valence-corrected chi connectivity index (χ4v) is 3.16. The molecule has 0 atom stereocenters. The molecule has 2 aromatic rings. The van der Waals surface area contributed by atoms with Gasteiger partial charge < -0.3 is 4.90 Å². The minimum absolute atomic E-state index is 0.0536. The van der Waals surface area contributed by atoms with Crippen LogP contribution in [-0.4, -0.2) is 27.9 Å². The van der Waals surface area contributed by atoms with Crippen molar-refractivity contribution in [2.24, 2.45) is 0 Å². The van der Waals surface area contributed by atoms with E-state index in [2.05, 4.69) is 4.72 Å². The summed E-state index contributed by atoms with van der Waals surface area (Å²) in [5, 5.41) is 0.382. The zero-order chi connectivity index (χ0) is 17.0. The van der Waals surface area contributed by atoms with Gasteiger partial charge in [-0.1, -0.05) is 41.4 Å². The molecule has 0 aliphatic heterocycles. The van der Waals surface area contributed by atoms with Crippen molar-refractivity contribution in [3.05, 3.63) is 58.6 Å². The summed E-state index contributed by atoms with van der Waals surface area (Å²) in [6.45, 7) is -0.367. The van der Waals surface area contributed by atoms with E-state index in [1.807, 2.05) is 6.07 Å². The van der Waals surface area contributed by atoms with Gasteiger partial charge in [0, 0.05) is 12.7 Å². The normalized spacial score (nSPS) is 11.3. The van der Waals surface area contributed by atoms with Crippen molar-refractivity contribution in [3.8, 4) is 0 Å². The van der Waals surface area contributed by atoms with Crippen LogP contribution < -0.4 is 9.62 Å². The fraction of sp³-hybridized carbons (Fsp3) is 0.133. The first-order chi connectivity index (χ1) is 10.8. The number of sulfonamides is 1. The molecule has 122 valence electrons. The van der Waals surface area contributed by atoms with Crippen LogP contribution >= 0.6 is 23.2 Å². The number of carbonyl (C=O) groups is 1. The van der Waals surface area contributed by atoms with Gasteiger partial charge in [-0.3, -0.25) is 4.79 Å². The minimum Gasteiger partial charge on any atom is -0.314 e. The third-order valence-electron chi connectivity index (χ3n) is 3.13. The van der Waals surface area contributed by atoms with E-state index in [0.29, 0.717) is 5.69 Å². The Labute approximate surface area is 144 Å². The van der Waals surface area contributed by atoms with Gasteiger partial charge in [0.05, 0.1) is 21.5 Å². The van der Waals surface area contributed by atoms with Crippen molar-refractivity contribution in [2.45, 2.75) is 4.90 Å². The number of hydrogen-bond donors (Lipinski definition) is 1. The van der Waals surface area contributed by atoms with Crippen LogP contribution in [0.1, 0.15) is 0 Å². The van der Waals surface area contributed by atoms with Gasteiger partial charge in [0.1, 0.15) is 0 Å². The average Bonchev–Trinajstić information content (AvgIpc) is 2.55. The second-order valence-corrected chi connectivity index (χ2v) is 7.27. The number of nitrogens with one attached hydrogen (secondary N) is 1. The van der Waals surface area contributed by atoms with E-state index in [9.17, 15) is 13.2 Å². The molecular weight excluding hydrogens is 359 g/mol. The Bertz CT molecular complexity index is 811. The summed E-state index contributed by atoms with van der Waals surface area (Å²) in [7, 11) is -2.28. The number of anilines is 1. The molecule has 2 aromatic carbocycles. The van der Waals surface area contributed by atoms with Crippen LogP contribution in [0.5, 0.6) is 0 Å². The first-order valence-corrected chi connectivity index (χ1v) is 8.81. The Balaban J connectivity index is 2.07. The van der Waals surface area contributed by atoms with Crippen molar-refractivity contribution >= 4 is 44.8 Å². The molecule has 0 aliphatic carbocycles. The summed E-state index contributed by atoms with van der Waals surface area (Å²) in [5.74, 6) is -0.389. The fourth-order valence-electron chi connectivity index (χ4n) is 1.80. The molecule has 0 bridgehead atoms. The summed E-state index contributed by atoms with van der Waals surface area (Å²) in [4.78, 5) is 13.4. The number of hydrogen-bond acceptors (Lipinski definition) is 3. The minimum atomic E-state index is -3.85. The predicted octanol–water partition coefficient (Wildman–Crippen LogP) is 2.93. The molecular formula is C15H14Cl2N2O3S. The van der Waals surface area contributed by atoms with Gasteiger partial charge in [-0.05, 0) is 30.3 Å². The number of benzene rings is 2. The van der Waals surface area contributed by atoms with Gasteiger partial charge in [0.15, 0.2) is 0 Å². The second kappa shape index (κ2) is 7.31. The molecule has 0 aromatic heterocycles. The van der Waals surface area contributed by atoms with Crippen LogP contribution in [-0.2, 0) is 14.8 Å². The number of halogens is 2. The predicted molar refractivity (Wildman–Crippen MR) is 91.5 cm³/mol. The third kappa shape index (κ3) is 4.45. The van der Waals surface area contributed by atoms with E-state index in [-0.39, 0.29) is 27.4 Å². The summed E-state index contributed by atoms with van der Waals surface area (Å²) in [5.41, 5.74) is 0.672. The lowest BCUT2D eigenvalue weighted by molar-refractivity contribution is -0.117. The van der Waals surface area contributed by atoms with Gasteiger partial charge >= 0.3 is 0 Å². The summed E-state index contributed by atoms with van der Waals surface area (Å²) in [6.07, 6.45) is 0. The van der Waals surface area contributed by atoms with E-state index < -0.39 is 10.0 Å². The van der Waals surface area contributed by atoms with Gasteiger partial charge in [-0.2, -0.15) is 0 Å². The maximum absolute atomic E-state index is 12.2. The Morgan fingerprint density at radius 3 is 2.35 bits per heavy atom. The van der Waals surface area contributed by atoms with Crippen LogP contribution in [0, 0.1) is 0 Å². The van der Waals surface area contributed by atoms with Crippen molar-refractivity contribution < 1.29 is 13.2 Å². The zero-order valence-electron chi connectivity index (χ0n) is 12.2. The molecule has 1 N–H and O–H groups in total. The molecule has 2 rings (SSSR count). The van der Waals surface area contributed by atoms with Crippen molar-refractivity contribution in [1.29, 1.82) is 0 Å². The molecule has 0 saturated carbocycles. The Hall–Kier alpha value is -1.60. The topological polar surface area (TPSA) is 66.5 Å². The van der Waals surface area contributed by atoms with Gasteiger partial charge in [-0.25, -0.2) is 13.1 Å². The summed E-state index contributed by atoms with van der Waals surface area (Å²) < 4.78 is 26.6. The third-order valence-corrected chi connectivity index (χ3v) is 5.27. The monoisotopic (exact) mass is 372 g/mol. The molecule has 0 radical (unpaired) electrons. The lowest BCUT2D eigenvalue weighted by Gasteiger charge is -2.17. The quantitative estimate of drug-likeness (QED) is 0.877. The maximum atomic E-state index is 12.2. The number of para-hydroxylation sites is 1. The lowest BCUT2D eigenvalue weighted by Crippen LogP contribution is -2.38. The number of likely N-dealkylation sites (N-methyl/N-ethyl adjacent to an activating group) is 1. The van der Waals surface area contributed by atoms with E-state index in [4.69, 9.17) is 23.2 Å². The van der Waals surface area contributed by atoms with Crippen LogP contribution in [0.3, 0.4) is 0 Å². The lowest BCUT2D eigenvalue weighted by atomic mass is 10.3. The van der Waals surface area contributed by atoms with Crippen molar-refractivity contribution in [1.82, 2.24) is 4.72 Å². The summed E-state index contributed by atoms with van der Waals surface area (Å²) >= 11 is 11.6. The molecule has 0 heterocycles. The van der Waals surface area contributed by atoms with Gasteiger partial charge in [-0.15, -0.1) is 0 Å². The van der Waals surface area contributed by atoms with Gasteiger partial charge in [0.2, 0.25) is 15.9 Å². The highest BCUT2D eigenvalue weighted by Gasteiger charge is 2.18. The number of amides is 1. The highest BCUT2D eigenvalue weighted by molar-refractivity contribution is 7.89. The maximum Gasteiger partial charge on any atom is 0.241 e. The number of rotatable bonds is 5. The Morgan fingerprint density at radius 2 is 1.74 bits per heavy atom. The van der Waals surface area contributed by atoms with E-state index in [1.165, 1.54) is 23.1 Å². The molecule has 0 aliphatic rings. The number of carbonyl (C=O) groups excluding carboxylic acids is 1. The zero-order valence-corrected chi connectivity index (χ0v) is 14.5. The van der Waals surface area contributed by atoms with Crippen LogP contribution in [0.2, 0.25) is 10.0 Å². The Kier molecular flexibility index (Phi) is 5.64. The van der Waals surface area contributed by atoms with E-state index in [0.717, 1.165) is 0 Å². The molecule has 0 fully saturated rings. The van der Waals surface area contributed by atoms with Crippen molar-refractivity contribution in [3.63, 3.8) is 0 Å². The largest absolute Gasteiger partial charge is 0.314 e. The molecule has 0 saturated heterocycles. The number of nitrogens with zero attached hydrogens (tertiary/aromatic N) is 1. The van der Waals surface area contributed by atoms with E-state index >= 15 is 0 Å². The van der Waals surface area contributed by atoms with Crippen molar-refractivity contribution in [2.75, 3.05) is 18.5 Å². The highest BCUT2D eigenvalue weighted by atomic mass is 35.5. The molecule has 1 amide bonds. The summed E-state index contributed by atoms with van der Waals surface area (Å²) in [6, 6.07) is 12.9. The van der Waals surface area contributed by atoms with Crippen LogP contribution in [0.15, 0.2) is 53.4 Å².